The first-order valence-corrected chi connectivity index (χ1v) is 5.34. The molecular formula is C11H19N3O. The summed E-state index contributed by atoms with van der Waals surface area (Å²) in [6, 6.07) is 2.85. The highest BCUT2D eigenvalue weighted by Gasteiger charge is 1.97. The highest BCUT2D eigenvalue weighted by atomic mass is 16.5. The van der Waals surface area contributed by atoms with Crippen molar-refractivity contribution in [2.24, 2.45) is 0 Å². The highest BCUT2D eigenvalue weighted by molar-refractivity contribution is 5.02. The van der Waals surface area contributed by atoms with Crippen LogP contribution in [-0.4, -0.2) is 29.2 Å². The summed E-state index contributed by atoms with van der Waals surface area (Å²) in [6.07, 6.45) is 2.68. The molecule has 15 heavy (non-hydrogen) atoms. The van der Waals surface area contributed by atoms with Crippen molar-refractivity contribution in [2.75, 3.05) is 13.2 Å². The zero-order valence-electron chi connectivity index (χ0n) is 9.66. The van der Waals surface area contributed by atoms with Crippen molar-refractivity contribution in [3.05, 3.63) is 18.0 Å². The van der Waals surface area contributed by atoms with Crippen LogP contribution in [0.5, 0.6) is 6.01 Å². The van der Waals surface area contributed by atoms with Gasteiger partial charge in [-0.05, 0) is 26.0 Å². The Hall–Kier alpha value is -1.16. The first kappa shape index (κ1) is 11.9. The molecule has 0 fully saturated rings. The number of ether oxygens (including phenoxy) is 1. The second-order valence-electron chi connectivity index (χ2n) is 3.79. The Kier molecular flexibility index (Phi) is 5.04. The lowest BCUT2D eigenvalue weighted by molar-refractivity contribution is 0.282. The number of nitrogens with zero attached hydrogens (tertiary/aromatic N) is 2. The number of rotatable bonds is 6. The van der Waals surface area contributed by atoms with Gasteiger partial charge in [-0.25, -0.2) is 9.97 Å². The number of aromatic nitrogens is 2. The third kappa shape index (κ3) is 5.32. The third-order valence-electron chi connectivity index (χ3n) is 1.88. The standard InChI is InChI=1S/C11H19N3O/c1-9(2)12-6-4-8-15-11-13-7-5-10(3)14-11/h5,7,9,12H,4,6,8H2,1-3H3. The van der Waals surface area contributed by atoms with Crippen LogP contribution in [0, 0.1) is 6.92 Å². The van der Waals surface area contributed by atoms with Gasteiger partial charge in [-0.1, -0.05) is 13.8 Å². The highest BCUT2D eigenvalue weighted by Crippen LogP contribution is 2.01. The molecule has 1 rings (SSSR count). The smallest absolute Gasteiger partial charge is 0.316 e. The van der Waals surface area contributed by atoms with Gasteiger partial charge >= 0.3 is 6.01 Å². The number of nitrogens with one attached hydrogen (secondary N) is 1. The van der Waals surface area contributed by atoms with E-state index in [0.717, 1.165) is 18.7 Å². The van der Waals surface area contributed by atoms with E-state index in [0.29, 0.717) is 18.7 Å². The van der Waals surface area contributed by atoms with Gasteiger partial charge in [0, 0.05) is 17.9 Å². The van der Waals surface area contributed by atoms with E-state index >= 15 is 0 Å². The summed E-state index contributed by atoms with van der Waals surface area (Å²) in [5.74, 6) is 0. The maximum Gasteiger partial charge on any atom is 0.316 e. The van der Waals surface area contributed by atoms with Crippen LogP contribution in [0.2, 0.25) is 0 Å². The number of aryl methyl sites for hydroxylation is 1. The van der Waals surface area contributed by atoms with Crippen molar-refractivity contribution < 1.29 is 4.74 Å². The lowest BCUT2D eigenvalue weighted by Crippen LogP contribution is -2.24. The molecule has 4 nitrogen and oxygen atoms in total. The van der Waals surface area contributed by atoms with Crippen LogP contribution in [0.15, 0.2) is 12.3 Å². The molecule has 0 aliphatic rings. The molecule has 0 atom stereocenters. The Morgan fingerprint density at radius 1 is 1.47 bits per heavy atom. The van der Waals surface area contributed by atoms with E-state index < -0.39 is 0 Å². The molecule has 4 heteroatoms. The zero-order valence-corrected chi connectivity index (χ0v) is 9.66. The van der Waals surface area contributed by atoms with Crippen LogP contribution in [0.1, 0.15) is 26.0 Å². The fourth-order valence-corrected chi connectivity index (χ4v) is 1.12. The van der Waals surface area contributed by atoms with Gasteiger partial charge in [0.15, 0.2) is 0 Å². The van der Waals surface area contributed by atoms with E-state index in [2.05, 4.69) is 29.1 Å². The van der Waals surface area contributed by atoms with Gasteiger partial charge in [0.05, 0.1) is 6.61 Å². The molecule has 0 aromatic carbocycles. The maximum absolute atomic E-state index is 5.41. The molecule has 0 radical (unpaired) electrons. The summed E-state index contributed by atoms with van der Waals surface area (Å²) in [4.78, 5) is 8.17. The fraction of sp³-hybridized carbons (Fsp3) is 0.636. The molecule has 0 unspecified atom stereocenters. The van der Waals surface area contributed by atoms with Crippen molar-refractivity contribution in [2.45, 2.75) is 33.2 Å². The van der Waals surface area contributed by atoms with Gasteiger partial charge in [-0.15, -0.1) is 0 Å². The molecule has 1 N–H and O–H groups in total. The summed E-state index contributed by atoms with van der Waals surface area (Å²) in [5, 5.41) is 3.32. The van der Waals surface area contributed by atoms with Crippen molar-refractivity contribution in [3.8, 4) is 6.01 Å². The Bertz CT molecular complexity index is 289. The lowest BCUT2D eigenvalue weighted by Gasteiger charge is -2.08. The van der Waals surface area contributed by atoms with Crippen molar-refractivity contribution >= 4 is 0 Å². The zero-order chi connectivity index (χ0) is 11.1. The van der Waals surface area contributed by atoms with E-state index in [4.69, 9.17) is 4.74 Å². The van der Waals surface area contributed by atoms with Gasteiger partial charge < -0.3 is 10.1 Å². The van der Waals surface area contributed by atoms with E-state index in [-0.39, 0.29) is 0 Å². The molecule has 84 valence electrons. The van der Waals surface area contributed by atoms with E-state index in [9.17, 15) is 0 Å². The van der Waals surface area contributed by atoms with Gasteiger partial charge in [-0.3, -0.25) is 0 Å². The Balaban J connectivity index is 2.15. The molecule has 0 bridgehead atoms. The molecule has 0 spiro atoms. The monoisotopic (exact) mass is 209 g/mol. The predicted molar refractivity (Wildman–Crippen MR) is 60.0 cm³/mol. The average Bonchev–Trinajstić information content (AvgIpc) is 2.17. The molecule has 0 saturated heterocycles. The van der Waals surface area contributed by atoms with Crippen molar-refractivity contribution in [3.63, 3.8) is 0 Å². The molecule has 1 aromatic heterocycles. The van der Waals surface area contributed by atoms with Crippen LogP contribution in [0.25, 0.3) is 0 Å². The van der Waals surface area contributed by atoms with Crippen LogP contribution < -0.4 is 10.1 Å². The first-order chi connectivity index (χ1) is 7.18. The summed E-state index contributed by atoms with van der Waals surface area (Å²) in [6.45, 7) is 7.80. The first-order valence-electron chi connectivity index (χ1n) is 5.34. The number of hydrogen-bond acceptors (Lipinski definition) is 4. The SMILES string of the molecule is Cc1ccnc(OCCCNC(C)C)n1. The second kappa shape index (κ2) is 6.35. The van der Waals surface area contributed by atoms with Crippen molar-refractivity contribution in [1.82, 2.24) is 15.3 Å². The molecule has 1 aromatic rings. The van der Waals surface area contributed by atoms with Gasteiger partial charge in [-0.2, -0.15) is 0 Å². The molecular weight excluding hydrogens is 190 g/mol. The fourth-order valence-electron chi connectivity index (χ4n) is 1.12. The van der Waals surface area contributed by atoms with Gasteiger partial charge in [0.25, 0.3) is 0 Å². The minimum Gasteiger partial charge on any atom is -0.463 e. The molecule has 0 aliphatic carbocycles. The summed E-state index contributed by atoms with van der Waals surface area (Å²) >= 11 is 0. The maximum atomic E-state index is 5.41. The predicted octanol–water partition coefficient (Wildman–Crippen LogP) is 1.55. The van der Waals surface area contributed by atoms with E-state index in [1.807, 2.05) is 13.0 Å². The molecule has 0 amide bonds. The normalized spacial score (nSPS) is 10.7. The minimum absolute atomic E-state index is 0.472. The largest absolute Gasteiger partial charge is 0.463 e. The average molecular weight is 209 g/mol. The van der Waals surface area contributed by atoms with Crippen LogP contribution in [0.3, 0.4) is 0 Å². The topological polar surface area (TPSA) is 47.0 Å². The van der Waals surface area contributed by atoms with Gasteiger partial charge in [0.1, 0.15) is 0 Å². The Morgan fingerprint density at radius 2 is 2.27 bits per heavy atom. The van der Waals surface area contributed by atoms with Gasteiger partial charge in [0.2, 0.25) is 0 Å². The van der Waals surface area contributed by atoms with Crippen molar-refractivity contribution in [1.29, 1.82) is 0 Å². The summed E-state index contributed by atoms with van der Waals surface area (Å²) in [5.41, 5.74) is 0.931. The van der Waals surface area contributed by atoms with Crippen LogP contribution in [-0.2, 0) is 0 Å². The minimum atomic E-state index is 0.472. The third-order valence-corrected chi connectivity index (χ3v) is 1.88. The van der Waals surface area contributed by atoms with Crippen LogP contribution >= 0.6 is 0 Å². The van der Waals surface area contributed by atoms with Crippen LogP contribution in [0.4, 0.5) is 0 Å². The lowest BCUT2D eigenvalue weighted by atomic mass is 10.3. The molecule has 0 aliphatic heterocycles. The second-order valence-corrected chi connectivity index (χ2v) is 3.79. The summed E-state index contributed by atoms with van der Waals surface area (Å²) in [7, 11) is 0. The molecule has 0 saturated carbocycles. The quantitative estimate of drug-likeness (QED) is 0.722. The van der Waals surface area contributed by atoms with E-state index in [1.165, 1.54) is 0 Å². The molecule has 1 heterocycles. The summed E-state index contributed by atoms with van der Waals surface area (Å²) < 4.78 is 5.41. The number of hydrogen-bond donors (Lipinski definition) is 1. The van der Waals surface area contributed by atoms with E-state index in [1.54, 1.807) is 6.20 Å². The Labute approximate surface area is 91.1 Å². The Morgan fingerprint density at radius 3 is 2.93 bits per heavy atom.